The summed E-state index contributed by atoms with van der Waals surface area (Å²) in [5, 5.41) is 5.77. The minimum atomic E-state index is -0.551. The fourth-order valence-corrected chi connectivity index (χ4v) is 4.11. The fraction of sp³-hybridized carbons (Fsp3) is 0.526. The first kappa shape index (κ1) is 17.2. The van der Waals surface area contributed by atoms with Crippen molar-refractivity contribution in [3.8, 4) is 0 Å². The van der Waals surface area contributed by atoms with E-state index < -0.39 is 6.04 Å². The van der Waals surface area contributed by atoms with Gasteiger partial charge in [0.15, 0.2) is 0 Å². The van der Waals surface area contributed by atoms with E-state index in [1.54, 1.807) is 4.90 Å². The van der Waals surface area contributed by atoms with E-state index in [4.69, 9.17) is 0 Å². The fourth-order valence-electron chi connectivity index (χ4n) is 4.11. The Kier molecular flexibility index (Phi) is 4.50. The van der Waals surface area contributed by atoms with Crippen LogP contribution >= 0.6 is 0 Å². The lowest BCUT2D eigenvalue weighted by atomic mass is 10.0. The number of piperazine rings is 1. The molecule has 0 spiro atoms. The number of piperidine rings is 1. The Balaban J connectivity index is 1.48. The van der Waals surface area contributed by atoms with Crippen LogP contribution in [-0.4, -0.2) is 59.2 Å². The number of amides is 3. The Morgan fingerprint density at radius 1 is 1.23 bits per heavy atom. The Bertz CT molecular complexity index is 763. The van der Waals surface area contributed by atoms with Crippen molar-refractivity contribution < 1.29 is 14.4 Å². The van der Waals surface area contributed by atoms with E-state index in [0.717, 1.165) is 37.3 Å². The maximum Gasteiger partial charge on any atom is 0.255 e. The van der Waals surface area contributed by atoms with Gasteiger partial charge in [0, 0.05) is 50.7 Å². The number of nitrogens with one attached hydrogen (secondary N) is 2. The molecule has 4 rings (SSSR count). The van der Waals surface area contributed by atoms with Crippen LogP contribution in [0.15, 0.2) is 18.2 Å². The Labute approximate surface area is 152 Å². The molecule has 1 unspecified atom stereocenters. The highest BCUT2D eigenvalue weighted by Gasteiger charge is 2.39. The summed E-state index contributed by atoms with van der Waals surface area (Å²) in [6, 6.07) is 5.97. The number of rotatable bonds is 3. The van der Waals surface area contributed by atoms with Crippen LogP contribution in [0.25, 0.3) is 0 Å². The number of hydrogen-bond donors (Lipinski definition) is 2. The van der Waals surface area contributed by atoms with Gasteiger partial charge in [-0.25, -0.2) is 0 Å². The molecule has 138 valence electrons. The molecule has 0 bridgehead atoms. The Morgan fingerprint density at radius 3 is 2.85 bits per heavy atom. The lowest BCUT2D eigenvalue weighted by Gasteiger charge is -2.31. The molecule has 0 aromatic heterocycles. The molecule has 2 saturated heterocycles. The number of benzene rings is 1. The maximum absolute atomic E-state index is 12.9. The highest BCUT2D eigenvalue weighted by molar-refractivity contribution is 6.05. The summed E-state index contributed by atoms with van der Waals surface area (Å²) < 4.78 is 0. The lowest BCUT2D eigenvalue weighted by Crippen LogP contribution is -2.52. The van der Waals surface area contributed by atoms with Gasteiger partial charge in [-0.2, -0.15) is 0 Å². The first-order valence-electron chi connectivity index (χ1n) is 9.23. The van der Waals surface area contributed by atoms with Crippen LogP contribution in [0.4, 0.5) is 0 Å². The molecule has 3 amide bonds. The van der Waals surface area contributed by atoms with Crippen LogP contribution in [-0.2, 0) is 22.7 Å². The number of carbonyl (C=O) groups is 3. The van der Waals surface area contributed by atoms with Crippen LogP contribution in [0.2, 0.25) is 0 Å². The normalized spacial score (nSPS) is 26.8. The van der Waals surface area contributed by atoms with Crippen molar-refractivity contribution >= 4 is 17.7 Å². The largest absolute Gasteiger partial charge is 0.322 e. The van der Waals surface area contributed by atoms with Crippen molar-refractivity contribution in [2.45, 2.75) is 44.9 Å². The maximum atomic E-state index is 12.9. The molecule has 3 heterocycles. The monoisotopic (exact) mass is 356 g/mol. The average Bonchev–Trinajstić information content (AvgIpc) is 2.92. The zero-order valence-corrected chi connectivity index (χ0v) is 15.0. The van der Waals surface area contributed by atoms with Gasteiger partial charge in [0.1, 0.15) is 6.04 Å². The predicted molar refractivity (Wildman–Crippen MR) is 95.2 cm³/mol. The Morgan fingerprint density at radius 2 is 2.08 bits per heavy atom. The minimum absolute atomic E-state index is 0.106. The zero-order chi connectivity index (χ0) is 18.3. The Hall–Kier alpha value is -2.25. The van der Waals surface area contributed by atoms with E-state index >= 15 is 0 Å². The predicted octanol–water partition coefficient (Wildman–Crippen LogP) is 0.241. The molecule has 2 fully saturated rings. The molecule has 1 aromatic carbocycles. The summed E-state index contributed by atoms with van der Waals surface area (Å²) in [6.45, 7) is 6.41. The van der Waals surface area contributed by atoms with Gasteiger partial charge >= 0.3 is 0 Å². The summed E-state index contributed by atoms with van der Waals surface area (Å²) >= 11 is 0. The third-order valence-electron chi connectivity index (χ3n) is 5.45. The van der Waals surface area contributed by atoms with Crippen LogP contribution in [0.1, 0.15) is 41.3 Å². The van der Waals surface area contributed by atoms with Crippen molar-refractivity contribution in [2.75, 3.05) is 19.6 Å². The molecule has 7 heteroatoms. The molecular weight excluding hydrogens is 332 g/mol. The number of hydrogen-bond acceptors (Lipinski definition) is 5. The zero-order valence-electron chi connectivity index (χ0n) is 15.0. The number of carbonyl (C=O) groups excluding carboxylic acids is 3. The van der Waals surface area contributed by atoms with Gasteiger partial charge in [0.2, 0.25) is 11.8 Å². The molecular formula is C19H24N4O3. The molecule has 0 saturated carbocycles. The second-order valence-corrected chi connectivity index (χ2v) is 7.48. The molecule has 2 atom stereocenters. The molecule has 3 aliphatic heterocycles. The minimum Gasteiger partial charge on any atom is -0.322 e. The molecule has 7 nitrogen and oxygen atoms in total. The van der Waals surface area contributed by atoms with E-state index in [0.29, 0.717) is 24.6 Å². The average molecular weight is 356 g/mol. The van der Waals surface area contributed by atoms with E-state index in [-0.39, 0.29) is 24.1 Å². The summed E-state index contributed by atoms with van der Waals surface area (Å²) in [4.78, 5) is 40.3. The van der Waals surface area contributed by atoms with Crippen molar-refractivity contribution in [3.05, 3.63) is 34.9 Å². The standard InChI is InChI=1S/C19H24N4O3/c1-12-9-22(7-6-20-12)10-13-2-3-14-11-23(19(26)15(14)8-13)16-4-5-17(24)21-18(16)25/h2-3,8,12,16,20H,4-7,9-11H2,1H3,(H,21,24,25)/t12-,16?/m0/s1. The van der Waals surface area contributed by atoms with E-state index in [9.17, 15) is 14.4 Å². The molecule has 26 heavy (non-hydrogen) atoms. The topological polar surface area (TPSA) is 81.8 Å². The van der Waals surface area contributed by atoms with Crippen LogP contribution in [0.5, 0.6) is 0 Å². The summed E-state index contributed by atoms with van der Waals surface area (Å²) in [6.07, 6.45) is 0.679. The first-order valence-corrected chi connectivity index (χ1v) is 9.23. The van der Waals surface area contributed by atoms with E-state index in [1.807, 2.05) is 12.1 Å². The van der Waals surface area contributed by atoms with Crippen molar-refractivity contribution in [3.63, 3.8) is 0 Å². The second-order valence-electron chi connectivity index (χ2n) is 7.48. The third kappa shape index (κ3) is 3.24. The molecule has 3 aliphatic rings. The summed E-state index contributed by atoms with van der Waals surface area (Å²) in [5.74, 6) is -0.731. The molecule has 0 radical (unpaired) electrons. The van der Waals surface area contributed by atoms with E-state index in [2.05, 4.69) is 28.5 Å². The van der Waals surface area contributed by atoms with Gasteiger partial charge in [-0.05, 0) is 30.5 Å². The van der Waals surface area contributed by atoms with Crippen molar-refractivity contribution in [1.82, 2.24) is 20.4 Å². The number of fused-ring (bicyclic) bond motifs is 1. The van der Waals surface area contributed by atoms with Crippen molar-refractivity contribution in [1.29, 1.82) is 0 Å². The SMILES string of the molecule is C[C@H]1CN(Cc2ccc3c(c2)C(=O)N(C2CCC(=O)NC2=O)C3)CCN1. The van der Waals surface area contributed by atoms with Crippen LogP contribution < -0.4 is 10.6 Å². The van der Waals surface area contributed by atoms with Gasteiger partial charge < -0.3 is 10.2 Å². The third-order valence-corrected chi connectivity index (χ3v) is 5.45. The molecule has 1 aromatic rings. The lowest BCUT2D eigenvalue weighted by molar-refractivity contribution is -0.136. The summed E-state index contributed by atoms with van der Waals surface area (Å²) in [5.41, 5.74) is 2.77. The van der Waals surface area contributed by atoms with Crippen molar-refractivity contribution in [2.24, 2.45) is 0 Å². The first-order chi connectivity index (χ1) is 12.5. The molecule has 2 N–H and O–H groups in total. The molecule has 0 aliphatic carbocycles. The highest BCUT2D eigenvalue weighted by Crippen LogP contribution is 2.28. The summed E-state index contributed by atoms with van der Waals surface area (Å²) in [7, 11) is 0. The smallest absolute Gasteiger partial charge is 0.255 e. The quantitative estimate of drug-likeness (QED) is 0.759. The highest BCUT2D eigenvalue weighted by atomic mass is 16.2. The van der Waals surface area contributed by atoms with Gasteiger partial charge in [-0.15, -0.1) is 0 Å². The van der Waals surface area contributed by atoms with Gasteiger partial charge in [0.25, 0.3) is 5.91 Å². The number of imide groups is 1. The van der Waals surface area contributed by atoms with E-state index in [1.165, 1.54) is 0 Å². The second kappa shape index (κ2) is 6.81. The van der Waals surface area contributed by atoms with Crippen LogP contribution in [0.3, 0.4) is 0 Å². The van der Waals surface area contributed by atoms with Gasteiger partial charge in [-0.3, -0.25) is 24.6 Å². The van der Waals surface area contributed by atoms with Gasteiger partial charge in [0.05, 0.1) is 0 Å². The van der Waals surface area contributed by atoms with Crippen LogP contribution in [0, 0.1) is 0 Å². The van der Waals surface area contributed by atoms with Gasteiger partial charge in [-0.1, -0.05) is 12.1 Å². The number of nitrogens with zero attached hydrogens (tertiary/aromatic N) is 2.